The molecule has 2 aromatic heterocycles. The maximum atomic E-state index is 12.7. The van der Waals surface area contributed by atoms with Crippen molar-refractivity contribution < 1.29 is 14.1 Å². The Kier molecular flexibility index (Phi) is 5.11. The average Bonchev–Trinajstić information content (AvgIpc) is 3.36. The van der Waals surface area contributed by atoms with Gasteiger partial charge in [-0.2, -0.15) is 4.98 Å². The average molecular weight is 392 g/mol. The van der Waals surface area contributed by atoms with E-state index in [1.54, 1.807) is 31.2 Å². The number of thiazole rings is 1. The highest BCUT2D eigenvalue weighted by molar-refractivity contribution is 7.14. The van der Waals surface area contributed by atoms with Gasteiger partial charge in [0, 0.05) is 17.9 Å². The first-order chi connectivity index (χ1) is 13.7. The van der Waals surface area contributed by atoms with Gasteiger partial charge in [-0.15, -0.1) is 11.3 Å². The van der Waals surface area contributed by atoms with Crippen LogP contribution in [0.1, 0.15) is 22.1 Å². The number of hydrogen-bond donors (Lipinski definition) is 1. The Bertz CT molecular complexity index is 1090. The smallest absolute Gasteiger partial charge is 0.261 e. The molecule has 2 heterocycles. The number of para-hydroxylation sites is 1. The molecule has 0 bridgehead atoms. The third-order valence-electron chi connectivity index (χ3n) is 3.85. The topological polar surface area (TPSA) is 90.1 Å². The van der Waals surface area contributed by atoms with E-state index in [4.69, 9.17) is 9.26 Å². The van der Waals surface area contributed by atoms with Gasteiger partial charge in [-0.05, 0) is 12.1 Å². The summed E-state index contributed by atoms with van der Waals surface area (Å²) in [5.41, 5.74) is 2.22. The number of nitrogens with zero attached hydrogens (tertiary/aromatic N) is 3. The van der Waals surface area contributed by atoms with Gasteiger partial charge in [0.1, 0.15) is 5.75 Å². The zero-order valence-electron chi connectivity index (χ0n) is 15.0. The number of rotatable bonds is 6. The van der Waals surface area contributed by atoms with Crippen LogP contribution in [-0.4, -0.2) is 21.0 Å². The normalized spacial score (nSPS) is 10.6. The molecule has 0 saturated carbocycles. The number of carbonyl (C=O) groups is 1. The molecule has 7 nitrogen and oxygen atoms in total. The van der Waals surface area contributed by atoms with E-state index >= 15 is 0 Å². The monoisotopic (exact) mass is 392 g/mol. The molecule has 0 atom stereocenters. The van der Waals surface area contributed by atoms with Gasteiger partial charge >= 0.3 is 0 Å². The van der Waals surface area contributed by atoms with Gasteiger partial charge in [0.2, 0.25) is 11.7 Å². The zero-order chi connectivity index (χ0) is 19.3. The molecule has 0 unspecified atom stereocenters. The van der Waals surface area contributed by atoms with Crippen molar-refractivity contribution in [1.29, 1.82) is 0 Å². The van der Waals surface area contributed by atoms with Crippen molar-refractivity contribution in [3.63, 3.8) is 0 Å². The highest BCUT2D eigenvalue weighted by Crippen LogP contribution is 2.26. The van der Waals surface area contributed by atoms with E-state index in [2.05, 4.69) is 20.4 Å². The van der Waals surface area contributed by atoms with Gasteiger partial charge < -0.3 is 9.26 Å². The molecule has 1 amide bonds. The second kappa shape index (κ2) is 8.01. The van der Waals surface area contributed by atoms with Crippen LogP contribution in [0.25, 0.3) is 11.3 Å². The summed E-state index contributed by atoms with van der Waals surface area (Å²) in [6, 6.07) is 16.8. The van der Waals surface area contributed by atoms with Crippen LogP contribution in [0.4, 0.5) is 5.13 Å². The van der Waals surface area contributed by atoms with Crippen molar-refractivity contribution in [2.75, 3.05) is 5.32 Å². The number of aryl methyl sites for hydroxylation is 1. The Morgan fingerprint density at radius 1 is 1.11 bits per heavy atom. The van der Waals surface area contributed by atoms with Crippen LogP contribution in [-0.2, 0) is 6.61 Å². The molecule has 2 aromatic carbocycles. The summed E-state index contributed by atoms with van der Waals surface area (Å²) in [6.45, 7) is 1.81. The quantitative estimate of drug-likeness (QED) is 0.525. The predicted octanol–water partition coefficient (Wildman–Crippen LogP) is 4.33. The van der Waals surface area contributed by atoms with Crippen LogP contribution in [0.2, 0.25) is 0 Å². The Hall–Kier alpha value is -3.52. The number of nitrogens with one attached hydrogen (secondary N) is 1. The molecule has 0 spiro atoms. The molecule has 0 aliphatic carbocycles. The van der Waals surface area contributed by atoms with Crippen LogP contribution in [0, 0.1) is 6.92 Å². The van der Waals surface area contributed by atoms with Gasteiger partial charge in [-0.3, -0.25) is 10.1 Å². The minimum atomic E-state index is -0.297. The number of benzene rings is 2. The first kappa shape index (κ1) is 17.9. The number of hydrogen-bond acceptors (Lipinski definition) is 7. The molecular weight excluding hydrogens is 376 g/mol. The van der Waals surface area contributed by atoms with E-state index < -0.39 is 0 Å². The van der Waals surface area contributed by atoms with E-state index in [1.807, 2.05) is 35.7 Å². The minimum absolute atomic E-state index is 0.108. The van der Waals surface area contributed by atoms with Gasteiger partial charge in [-0.1, -0.05) is 47.6 Å². The number of ether oxygens (including phenoxy) is 1. The summed E-state index contributed by atoms with van der Waals surface area (Å²) < 4.78 is 10.6. The van der Waals surface area contributed by atoms with Gasteiger partial charge in [0.15, 0.2) is 11.7 Å². The summed E-state index contributed by atoms with van der Waals surface area (Å²) in [4.78, 5) is 21.3. The number of aromatic nitrogens is 3. The summed E-state index contributed by atoms with van der Waals surface area (Å²) >= 11 is 1.37. The second-order valence-electron chi connectivity index (χ2n) is 5.87. The lowest BCUT2D eigenvalue weighted by atomic mass is 10.2. The molecule has 0 aliphatic heterocycles. The van der Waals surface area contributed by atoms with E-state index in [1.165, 1.54) is 11.3 Å². The number of carbonyl (C=O) groups excluding carboxylic acids is 1. The molecule has 4 rings (SSSR count). The number of amides is 1. The van der Waals surface area contributed by atoms with Crippen molar-refractivity contribution >= 4 is 22.4 Å². The number of anilines is 1. The van der Waals surface area contributed by atoms with Gasteiger partial charge in [0.25, 0.3) is 5.91 Å². The van der Waals surface area contributed by atoms with Crippen molar-refractivity contribution in [2.24, 2.45) is 0 Å². The molecule has 0 saturated heterocycles. The van der Waals surface area contributed by atoms with E-state index in [-0.39, 0.29) is 12.5 Å². The van der Waals surface area contributed by atoms with E-state index in [0.29, 0.717) is 28.2 Å². The molecule has 8 heteroatoms. The van der Waals surface area contributed by atoms with Crippen LogP contribution in [0.3, 0.4) is 0 Å². The van der Waals surface area contributed by atoms with Crippen molar-refractivity contribution in [3.05, 3.63) is 77.3 Å². The van der Waals surface area contributed by atoms with Crippen molar-refractivity contribution in [2.45, 2.75) is 13.5 Å². The fourth-order valence-corrected chi connectivity index (χ4v) is 3.27. The predicted molar refractivity (Wildman–Crippen MR) is 105 cm³/mol. The van der Waals surface area contributed by atoms with Crippen LogP contribution in [0.15, 0.2) is 64.5 Å². The fraction of sp³-hybridized carbons (Fsp3) is 0.100. The minimum Gasteiger partial charge on any atom is -0.485 e. The van der Waals surface area contributed by atoms with Crippen LogP contribution < -0.4 is 10.1 Å². The molecule has 0 aliphatic rings. The van der Waals surface area contributed by atoms with E-state index in [9.17, 15) is 4.79 Å². The molecule has 140 valence electrons. The highest BCUT2D eigenvalue weighted by Gasteiger charge is 2.15. The van der Waals surface area contributed by atoms with E-state index in [0.717, 1.165) is 11.3 Å². The summed E-state index contributed by atoms with van der Waals surface area (Å²) in [6.07, 6.45) is 0. The molecule has 28 heavy (non-hydrogen) atoms. The lowest BCUT2D eigenvalue weighted by Gasteiger charge is -2.09. The SMILES string of the molecule is Cc1nc(COc2ccccc2C(=O)Nc2nc(-c3ccccc3)cs2)no1. The summed E-state index contributed by atoms with van der Waals surface area (Å²) in [5, 5.41) is 9.04. The lowest BCUT2D eigenvalue weighted by Crippen LogP contribution is -2.13. The first-order valence-electron chi connectivity index (χ1n) is 8.52. The van der Waals surface area contributed by atoms with Crippen LogP contribution >= 0.6 is 11.3 Å². The van der Waals surface area contributed by atoms with Crippen molar-refractivity contribution in [1.82, 2.24) is 15.1 Å². The Balaban J connectivity index is 1.47. The standard InChI is InChI=1S/C20H16N4O3S/c1-13-21-18(24-27-13)11-26-17-10-6-5-9-15(17)19(25)23-20-22-16(12-28-20)14-7-3-2-4-8-14/h2-10,12H,11H2,1H3,(H,22,23,25). The summed E-state index contributed by atoms with van der Waals surface area (Å²) in [7, 11) is 0. The molecule has 0 fully saturated rings. The lowest BCUT2D eigenvalue weighted by molar-refractivity contribution is 0.102. The third kappa shape index (κ3) is 4.07. The molecule has 4 aromatic rings. The summed E-state index contributed by atoms with van der Waals surface area (Å²) in [5.74, 6) is 1.01. The Morgan fingerprint density at radius 2 is 1.89 bits per heavy atom. The van der Waals surface area contributed by atoms with Gasteiger partial charge in [-0.25, -0.2) is 4.98 Å². The maximum absolute atomic E-state index is 12.7. The third-order valence-corrected chi connectivity index (χ3v) is 4.61. The Labute approximate surface area is 165 Å². The second-order valence-corrected chi connectivity index (χ2v) is 6.73. The highest BCUT2D eigenvalue weighted by atomic mass is 32.1. The molecule has 1 N–H and O–H groups in total. The Morgan fingerprint density at radius 3 is 2.68 bits per heavy atom. The fourth-order valence-electron chi connectivity index (χ4n) is 2.56. The largest absolute Gasteiger partial charge is 0.485 e. The molecular formula is C20H16N4O3S. The zero-order valence-corrected chi connectivity index (χ0v) is 15.8. The molecule has 0 radical (unpaired) electrons. The van der Waals surface area contributed by atoms with Crippen molar-refractivity contribution in [3.8, 4) is 17.0 Å². The van der Waals surface area contributed by atoms with Gasteiger partial charge in [0.05, 0.1) is 11.3 Å². The van der Waals surface area contributed by atoms with Crippen LogP contribution in [0.5, 0.6) is 5.75 Å². The first-order valence-corrected chi connectivity index (χ1v) is 9.40. The maximum Gasteiger partial charge on any atom is 0.261 e.